The summed E-state index contributed by atoms with van der Waals surface area (Å²) in [7, 11) is 3.22. The van der Waals surface area contributed by atoms with Crippen molar-refractivity contribution >= 4 is 29.9 Å². The zero-order valence-corrected chi connectivity index (χ0v) is 18.5. The van der Waals surface area contributed by atoms with Crippen LogP contribution in [0.15, 0.2) is 41.4 Å². The minimum atomic E-state index is -0.207. The standard InChI is InChI=1S/C20H26FN3O2.HI/c1-5-22-20(23-12-15-7-6-14(2)17(21)10-15)24-13-16-8-9-18(25-3)19(11-16)26-4;/h6-11H,5,12-13H2,1-4H3,(H2,22,23,24);1H. The lowest BCUT2D eigenvalue weighted by Gasteiger charge is -2.13. The minimum Gasteiger partial charge on any atom is -0.493 e. The van der Waals surface area contributed by atoms with E-state index >= 15 is 0 Å². The van der Waals surface area contributed by atoms with Gasteiger partial charge in [0.2, 0.25) is 0 Å². The Hall–Kier alpha value is -2.03. The average Bonchev–Trinajstić information content (AvgIpc) is 2.66. The molecule has 0 atom stereocenters. The summed E-state index contributed by atoms with van der Waals surface area (Å²) in [5.41, 5.74) is 2.50. The molecule has 0 unspecified atom stereocenters. The molecule has 0 heterocycles. The van der Waals surface area contributed by atoms with E-state index in [1.807, 2.05) is 31.2 Å². The third-order valence-electron chi connectivity index (χ3n) is 3.91. The van der Waals surface area contributed by atoms with Crippen LogP contribution in [0.25, 0.3) is 0 Å². The molecule has 2 aromatic carbocycles. The summed E-state index contributed by atoms with van der Waals surface area (Å²) >= 11 is 0. The van der Waals surface area contributed by atoms with Gasteiger partial charge in [-0.3, -0.25) is 0 Å². The number of halogens is 2. The molecule has 5 nitrogen and oxygen atoms in total. The van der Waals surface area contributed by atoms with Crippen molar-refractivity contribution < 1.29 is 13.9 Å². The summed E-state index contributed by atoms with van der Waals surface area (Å²) in [6, 6.07) is 10.9. The van der Waals surface area contributed by atoms with Gasteiger partial charge in [0.15, 0.2) is 17.5 Å². The maximum Gasteiger partial charge on any atom is 0.191 e. The Morgan fingerprint density at radius 3 is 2.33 bits per heavy atom. The quantitative estimate of drug-likeness (QED) is 0.352. The molecule has 0 aromatic heterocycles. The predicted molar refractivity (Wildman–Crippen MR) is 118 cm³/mol. The first-order valence-electron chi connectivity index (χ1n) is 8.55. The SMILES string of the molecule is CCNC(=NCc1ccc(C)c(F)c1)NCc1ccc(OC)c(OC)c1.I. The maximum atomic E-state index is 13.7. The summed E-state index contributed by atoms with van der Waals surface area (Å²) in [6.07, 6.45) is 0. The van der Waals surface area contributed by atoms with E-state index in [0.29, 0.717) is 36.1 Å². The fraction of sp³-hybridized carbons (Fsp3) is 0.350. The van der Waals surface area contributed by atoms with Gasteiger partial charge in [-0.1, -0.05) is 18.2 Å². The number of rotatable bonds is 7. The highest BCUT2D eigenvalue weighted by atomic mass is 127. The number of guanidine groups is 1. The first-order chi connectivity index (χ1) is 12.6. The zero-order valence-electron chi connectivity index (χ0n) is 16.1. The van der Waals surface area contributed by atoms with Crippen LogP contribution in [-0.4, -0.2) is 26.7 Å². The van der Waals surface area contributed by atoms with Crippen LogP contribution in [-0.2, 0) is 13.1 Å². The Morgan fingerprint density at radius 2 is 1.70 bits per heavy atom. The fourth-order valence-corrected chi connectivity index (χ4v) is 2.42. The van der Waals surface area contributed by atoms with E-state index in [1.54, 1.807) is 27.2 Å². The molecule has 2 rings (SSSR count). The molecule has 0 bridgehead atoms. The largest absolute Gasteiger partial charge is 0.493 e. The molecule has 2 aromatic rings. The topological polar surface area (TPSA) is 54.9 Å². The van der Waals surface area contributed by atoms with Crippen LogP contribution in [0.4, 0.5) is 4.39 Å². The molecule has 0 fully saturated rings. The van der Waals surface area contributed by atoms with Crippen molar-refractivity contribution in [2.45, 2.75) is 26.9 Å². The van der Waals surface area contributed by atoms with E-state index in [-0.39, 0.29) is 29.8 Å². The van der Waals surface area contributed by atoms with Crippen molar-refractivity contribution in [1.82, 2.24) is 10.6 Å². The van der Waals surface area contributed by atoms with Crippen LogP contribution >= 0.6 is 24.0 Å². The maximum absolute atomic E-state index is 13.7. The summed E-state index contributed by atoms with van der Waals surface area (Å²) in [6.45, 7) is 5.46. The van der Waals surface area contributed by atoms with Gasteiger partial charge in [0.05, 0.1) is 20.8 Å². The number of aliphatic imine (C=N–C) groups is 1. The summed E-state index contributed by atoms with van der Waals surface area (Å²) < 4.78 is 24.2. The van der Waals surface area contributed by atoms with Crippen LogP contribution in [0.2, 0.25) is 0 Å². The number of hydrogen-bond donors (Lipinski definition) is 2. The lowest BCUT2D eigenvalue weighted by molar-refractivity contribution is 0.354. The van der Waals surface area contributed by atoms with E-state index in [4.69, 9.17) is 9.47 Å². The van der Waals surface area contributed by atoms with Gasteiger partial charge in [0.1, 0.15) is 5.82 Å². The van der Waals surface area contributed by atoms with E-state index in [2.05, 4.69) is 15.6 Å². The summed E-state index contributed by atoms with van der Waals surface area (Å²) in [4.78, 5) is 4.52. The van der Waals surface area contributed by atoms with Crippen LogP contribution in [0.3, 0.4) is 0 Å². The molecule has 0 spiro atoms. The number of nitrogens with one attached hydrogen (secondary N) is 2. The first-order valence-corrected chi connectivity index (χ1v) is 8.55. The Balaban J connectivity index is 0.00000364. The minimum absolute atomic E-state index is 0. The predicted octanol–water partition coefficient (Wildman–Crippen LogP) is 4.02. The molecular weight excluding hydrogens is 460 g/mol. The molecule has 0 aliphatic heterocycles. The number of methoxy groups -OCH3 is 2. The Bertz CT molecular complexity index is 769. The number of nitrogens with zero attached hydrogens (tertiary/aromatic N) is 1. The van der Waals surface area contributed by atoms with Crippen molar-refractivity contribution in [2.75, 3.05) is 20.8 Å². The molecule has 0 aliphatic rings. The third kappa shape index (κ3) is 6.89. The van der Waals surface area contributed by atoms with Crippen molar-refractivity contribution in [3.05, 3.63) is 58.9 Å². The van der Waals surface area contributed by atoms with Gasteiger partial charge in [0, 0.05) is 13.1 Å². The van der Waals surface area contributed by atoms with Crippen molar-refractivity contribution in [3.8, 4) is 11.5 Å². The van der Waals surface area contributed by atoms with Crippen LogP contribution in [0, 0.1) is 12.7 Å². The summed E-state index contributed by atoms with van der Waals surface area (Å²) in [5, 5.41) is 6.46. The third-order valence-corrected chi connectivity index (χ3v) is 3.91. The van der Waals surface area contributed by atoms with Crippen LogP contribution in [0.5, 0.6) is 11.5 Å². The van der Waals surface area contributed by atoms with Crippen molar-refractivity contribution in [2.24, 2.45) is 4.99 Å². The van der Waals surface area contributed by atoms with E-state index < -0.39 is 0 Å². The van der Waals surface area contributed by atoms with Gasteiger partial charge in [-0.05, 0) is 48.7 Å². The van der Waals surface area contributed by atoms with E-state index in [0.717, 1.165) is 17.7 Å². The molecule has 0 amide bonds. The Labute approximate surface area is 177 Å². The molecule has 27 heavy (non-hydrogen) atoms. The molecule has 2 N–H and O–H groups in total. The molecule has 0 radical (unpaired) electrons. The van der Waals surface area contributed by atoms with Crippen LogP contribution < -0.4 is 20.1 Å². The molecule has 148 valence electrons. The second kappa shape index (κ2) is 11.6. The van der Waals surface area contributed by atoms with E-state index in [9.17, 15) is 4.39 Å². The monoisotopic (exact) mass is 487 g/mol. The zero-order chi connectivity index (χ0) is 18.9. The van der Waals surface area contributed by atoms with Gasteiger partial charge < -0.3 is 20.1 Å². The molecular formula is C20H27FIN3O2. The van der Waals surface area contributed by atoms with Crippen molar-refractivity contribution in [1.29, 1.82) is 0 Å². The van der Waals surface area contributed by atoms with Gasteiger partial charge >= 0.3 is 0 Å². The molecule has 0 saturated heterocycles. The van der Waals surface area contributed by atoms with Crippen LogP contribution in [0.1, 0.15) is 23.6 Å². The van der Waals surface area contributed by atoms with E-state index in [1.165, 1.54) is 6.07 Å². The Kier molecular flexibility index (Phi) is 9.92. The normalized spacial score (nSPS) is 10.8. The number of hydrogen-bond acceptors (Lipinski definition) is 3. The van der Waals surface area contributed by atoms with Gasteiger partial charge in [-0.2, -0.15) is 0 Å². The average molecular weight is 487 g/mol. The number of aryl methyl sites for hydroxylation is 1. The second-order valence-corrected chi connectivity index (χ2v) is 5.82. The highest BCUT2D eigenvalue weighted by Crippen LogP contribution is 2.27. The van der Waals surface area contributed by atoms with Gasteiger partial charge in [-0.15, -0.1) is 24.0 Å². The lowest BCUT2D eigenvalue weighted by atomic mass is 10.1. The highest BCUT2D eigenvalue weighted by molar-refractivity contribution is 14.0. The smallest absolute Gasteiger partial charge is 0.191 e. The fourth-order valence-electron chi connectivity index (χ4n) is 2.42. The lowest BCUT2D eigenvalue weighted by Crippen LogP contribution is -2.36. The summed E-state index contributed by atoms with van der Waals surface area (Å²) in [5.74, 6) is 1.84. The second-order valence-electron chi connectivity index (χ2n) is 5.82. The van der Waals surface area contributed by atoms with Gasteiger partial charge in [-0.25, -0.2) is 9.38 Å². The molecule has 0 aliphatic carbocycles. The highest BCUT2D eigenvalue weighted by Gasteiger charge is 2.06. The Morgan fingerprint density at radius 1 is 1.00 bits per heavy atom. The number of ether oxygens (including phenoxy) is 2. The number of benzene rings is 2. The molecule has 0 saturated carbocycles. The first kappa shape index (κ1) is 23.0. The van der Waals surface area contributed by atoms with Gasteiger partial charge in [0.25, 0.3) is 0 Å². The molecule has 7 heteroatoms. The van der Waals surface area contributed by atoms with Crippen molar-refractivity contribution in [3.63, 3.8) is 0 Å².